The minimum atomic E-state index is -4.77. The first kappa shape index (κ1) is 22.2. The fourth-order valence-corrected chi connectivity index (χ4v) is 4.43. The highest BCUT2D eigenvalue weighted by molar-refractivity contribution is 7.99. The van der Waals surface area contributed by atoms with Crippen molar-refractivity contribution < 1.29 is 22.7 Å². The number of halogens is 3. The van der Waals surface area contributed by atoms with E-state index in [1.54, 1.807) is 6.92 Å². The number of ether oxygens (including phenoxy) is 1. The summed E-state index contributed by atoms with van der Waals surface area (Å²) in [7, 11) is 0. The van der Waals surface area contributed by atoms with Crippen molar-refractivity contribution in [3.8, 4) is 5.75 Å². The molecule has 3 rings (SSSR count). The van der Waals surface area contributed by atoms with Crippen LogP contribution in [0.25, 0.3) is 10.2 Å². The van der Waals surface area contributed by atoms with E-state index in [0.29, 0.717) is 27.5 Å². The predicted octanol–water partition coefficient (Wildman–Crippen LogP) is 4.76. The first-order chi connectivity index (χ1) is 14.0. The number of benzene rings is 1. The molecule has 1 atom stereocenters. The lowest BCUT2D eigenvalue weighted by Crippen LogP contribution is -2.23. The summed E-state index contributed by atoms with van der Waals surface area (Å²) in [6.45, 7) is 5.51. The topological polar surface area (TPSA) is 84.1 Å². The number of aryl methyl sites for hydroxylation is 2. The number of alkyl halides is 3. The van der Waals surface area contributed by atoms with Gasteiger partial charge in [0.15, 0.2) is 0 Å². The molecule has 0 aliphatic rings. The van der Waals surface area contributed by atoms with Gasteiger partial charge in [0.05, 0.1) is 16.4 Å². The number of hydrogen-bond acceptors (Lipinski definition) is 6. The lowest BCUT2D eigenvalue weighted by molar-refractivity contribution is -0.274. The van der Waals surface area contributed by atoms with Gasteiger partial charge in [0.1, 0.15) is 16.4 Å². The number of anilines is 1. The van der Waals surface area contributed by atoms with Crippen LogP contribution in [0, 0.1) is 13.8 Å². The Bertz CT molecular complexity index is 1120. The van der Waals surface area contributed by atoms with Crippen LogP contribution >= 0.6 is 23.1 Å². The Morgan fingerprint density at radius 3 is 2.60 bits per heavy atom. The van der Waals surface area contributed by atoms with E-state index in [0.717, 1.165) is 22.6 Å². The normalized spacial score (nSPS) is 12.7. The van der Waals surface area contributed by atoms with Crippen LogP contribution in [0.3, 0.4) is 0 Å². The van der Waals surface area contributed by atoms with Crippen LogP contribution in [0.4, 0.5) is 18.9 Å². The number of nitrogens with zero attached hydrogens (tertiary/aromatic N) is 1. The molecule has 11 heteroatoms. The third-order valence-corrected chi connectivity index (χ3v) is 6.54. The van der Waals surface area contributed by atoms with Crippen LogP contribution in [-0.2, 0) is 10.5 Å². The molecule has 1 aromatic carbocycles. The SMILES string of the molecule is Cc1sc2nc(CSC(C)C(=O)Nc3ccc(OC(F)(F)F)cc3)[nH]c(=O)c2c1C. The third kappa shape index (κ3) is 5.33. The zero-order valence-corrected chi connectivity index (χ0v) is 17.8. The van der Waals surface area contributed by atoms with Gasteiger partial charge in [0.25, 0.3) is 5.56 Å². The smallest absolute Gasteiger partial charge is 0.406 e. The number of aromatic nitrogens is 2. The number of carbonyl (C=O) groups is 1. The number of thioether (sulfide) groups is 1. The molecule has 1 unspecified atom stereocenters. The molecule has 1 amide bonds. The van der Waals surface area contributed by atoms with Crippen molar-refractivity contribution in [1.82, 2.24) is 9.97 Å². The van der Waals surface area contributed by atoms with E-state index in [9.17, 15) is 22.8 Å². The summed E-state index contributed by atoms with van der Waals surface area (Å²) in [5, 5.41) is 2.74. The maximum Gasteiger partial charge on any atom is 0.573 e. The van der Waals surface area contributed by atoms with Gasteiger partial charge in [-0.1, -0.05) is 0 Å². The highest BCUT2D eigenvalue weighted by Crippen LogP contribution is 2.27. The van der Waals surface area contributed by atoms with E-state index >= 15 is 0 Å². The summed E-state index contributed by atoms with van der Waals surface area (Å²) in [5.41, 5.74) is 1.07. The zero-order chi connectivity index (χ0) is 22.1. The molecule has 0 radical (unpaired) electrons. The number of amides is 1. The van der Waals surface area contributed by atoms with Crippen molar-refractivity contribution in [2.45, 2.75) is 38.1 Å². The Hall–Kier alpha value is -2.53. The van der Waals surface area contributed by atoms with Crippen LogP contribution in [0.15, 0.2) is 29.1 Å². The fourth-order valence-electron chi connectivity index (χ4n) is 2.63. The first-order valence-corrected chi connectivity index (χ1v) is 10.7. The predicted molar refractivity (Wildman–Crippen MR) is 112 cm³/mol. The molecule has 3 aromatic rings. The van der Waals surface area contributed by atoms with Crippen molar-refractivity contribution >= 4 is 44.9 Å². The highest BCUT2D eigenvalue weighted by atomic mass is 32.2. The minimum absolute atomic E-state index is 0.198. The average Bonchev–Trinajstić information content (AvgIpc) is 2.94. The van der Waals surface area contributed by atoms with Gasteiger partial charge in [-0.05, 0) is 50.6 Å². The number of nitrogens with one attached hydrogen (secondary N) is 2. The summed E-state index contributed by atoms with van der Waals surface area (Å²) in [6, 6.07) is 4.89. The molecule has 0 aliphatic heterocycles. The van der Waals surface area contributed by atoms with Gasteiger partial charge in [0, 0.05) is 10.6 Å². The summed E-state index contributed by atoms with van der Waals surface area (Å²) in [5.74, 6) is 0.115. The number of aromatic amines is 1. The molecular formula is C19H18F3N3O3S2. The van der Waals surface area contributed by atoms with Crippen molar-refractivity contribution in [3.05, 3.63) is 50.9 Å². The van der Waals surface area contributed by atoms with Crippen molar-refractivity contribution in [3.63, 3.8) is 0 Å². The Balaban J connectivity index is 1.59. The second kappa shape index (κ2) is 8.68. The molecule has 0 spiro atoms. The van der Waals surface area contributed by atoms with Crippen molar-refractivity contribution in [2.75, 3.05) is 5.32 Å². The molecule has 30 heavy (non-hydrogen) atoms. The molecular weight excluding hydrogens is 439 g/mol. The number of fused-ring (bicyclic) bond motifs is 1. The highest BCUT2D eigenvalue weighted by Gasteiger charge is 2.31. The second-order valence-electron chi connectivity index (χ2n) is 6.49. The molecule has 160 valence electrons. The van der Waals surface area contributed by atoms with Gasteiger partial charge in [0.2, 0.25) is 5.91 Å². The summed E-state index contributed by atoms with van der Waals surface area (Å²) < 4.78 is 40.4. The van der Waals surface area contributed by atoms with E-state index in [2.05, 4.69) is 20.0 Å². The van der Waals surface area contributed by atoms with E-state index in [1.165, 1.54) is 35.2 Å². The summed E-state index contributed by atoms with van der Waals surface area (Å²) in [6.07, 6.45) is -4.77. The summed E-state index contributed by atoms with van der Waals surface area (Å²) >= 11 is 2.74. The molecule has 2 N–H and O–H groups in total. The van der Waals surface area contributed by atoms with E-state index in [1.807, 2.05) is 13.8 Å². The maximum absolute atomic E-state index is 12.3. The van der Waals surface area contributed by atoms with E-state index < -0.39 is 11.6 Å². The first-order valence-electron chi connectivity index (χ1n) is 8.80. The number of hydrogen-bond donors (Lipinski definition) is 2. The Labute approximate surface area is 177 Å². The van der Waals surface area contributed by atoms with Gasteiger partial charge in [-0.25, -0.2) is 4.98 Å². The molecule has 0 aliphatic carbocycles. The third-order valence-electron chi connectivity index (χ3n) is 4.28. The number of H-pyrrole nitrogens is 1. The van der Waals surface area contributed by atoms with Crippen molar-refractivity contribution in [1.29, 1.82) is 0 Å². The van der Waals surface area contributed by atoms with Gasteiger partial charge in [-0.3, -0.25) is 9.59 Å². The number of rotatable bonds is 6. The molecule has 0 bridgehead atoms. The van der Waals surface area contributed by atoms with Crippen LogP contribution in [0.5, 0.6) is 5.75 Å². The van der Waals surface area contributed by atoms with Crippen LogP contribution in [0.2, 0.25) is 0 Å². The standard InChI is InChI=1S/C19H18F3N3O3S2/c1-9-10(2)30-18-15(9)17(27)24-14(25-18)8-29-11(3)16(26)23-12-4-6-13(7-5-12)28-19(20,21)22/h4-7,11H,8H2,1-3H3,(H,23,26)(H,24,25,27). The molecule has 0 saturated carbocycles. The van der Waals surface area contributed by atoms with Gasteiger partial charge >= 0.3 is 6.36 Å². The van der Waals surface area contributed by atoms with E-state index in [-0.39, 0.29) is 17.2 Å². The van der Waals surface area contributed by atoms with Gasteiger partial charge in [-0.2, -0.15) is 0 Å². The lowest BCUT2D eigenvalue weighted by atomic mass is 10.2. The second-order valence-corrected chi connectivity index (χ2v) is 9.02. The zero-order valence-electron chi connectivity index (χ0n) is 16.2. The van der Waals surface area contributed by atoms with Crippen molar-refractivity contribution in [2.24, 2.45) is 0 Å². The lowest BCUT2D eigenvalue weighted by Gasteiger charge is -2.13. The van der Waals surface area contributed by atoms with E-state index in [4.69, 9.17) is 0 Å². The van der Waals surface area contributed by atoms with Gasteiger partial charge < -0.3 is 15.0 Å². The van der Waals surface area contributed by atoms with Crippen LogP contribution in [0.1, 0.15) is 23.2 Å². The Morgan fingerprint density at radius 1 is 1.30 bits per heavy atom. The fraction of sp³-hybridized carbons (Fsp3) is 0.316. The minimum Gasteiger partial charge on any atom is -0.406 e. The summed E-state index contributed by atoms with van der Waals surface area (Å²) in [4.78, 5) is 33.6. The number of carbonyl (C=O) groups excluding carboxylic acids is 1. The van der Waals surface area contributed by atoms with Gasteiger partial charge in [-0.15, -0.1) is 36.3 Å². The monoisotopic (exact) mass is 457 g/mol. The Morgan fingerprint density at radius 2 is 1.97 bits per heavy atom. The van der Waals surface area contributed by atoms with Crippen LogP contribution < -0.4 is 15.6 Å². The largest absolute Gasteiger partial charge is 0.573 e. The average molecular weight is 457 g/mol. The molecule has 6 nitrogen and oxygen atoms in total. The molecule has 2 heterocycles. The molecule has 0 saturated heterocycles. The molecule has 0 fully saturated rings. The van der Waals surface area contributed by atoms with Crippen LogP contribution in [-0.4, -0.2) is 27.5 Å². The quantitative estimate of drug-likeness (QED) is 0.558. The maximum atomic E-state index is 12.3. The Kier molecular flexibility index (Phi) is 6.41. The number of thiophene rings is 1. The molecule has 2 aromatic heterocycles.